The molecule has 4 N–H and O–H groups in total. The Hall–Kier alpha value is -1.93. The van der Waals surface area contributed by atoms with Gasteiger partial charge in [-0.2, -0.15) is 0 Å². The average Bonchev–Trinajstić information content (AvgIpc) is 2.10. The van der Waals surface area contributed by atoms with Gasteiger partial charge in [0.1, 0.15) is 12.6 Å². The molecule has 0 heterocycles. The van der Waals surface area contributed by atoms with Crippen molar-refractivity contribution < 1.29 is 39.3 Å². The van der Waals surface area contributed by atoms with Crippen LogP contribution >= 0.6 is 0 Å². The molecular weight excluding hydrogens is 258 g/mol. The van der Waals surface area contributed by atoms with Crippen molar-refractivity contribution >= 4 is 17.9 Å². The van der Waals surface area contributed by atoms with E-state index in [2.05, 4.69) is 0 Å². The number of aliphatic carboxylic acids is 3. The highest BCUT2D eigenvalue weighted by Crippen LogP contribution is 1.98. The number of carbonyl (C=O) groups is 3. The number of aliphatic hydroxyl groups is 1. The maximum atomic E-state index is 10.1. The van der Waals surface area contributed by atoms with Gasteiger partial charge in [-0.3, -0.25) is 4.79 Å². The Bertz CT molecular complexity index is 327. The molecule has 0 aliphatic carbocycles. The van der Waals surface area contributed by atoms with E-state index < -0.39 is 24.0 Å². The maximum absolute atomic E-state index is 10.1. The fourth-order valence-electron chi connectivity index (χ4n) is 1.04. The first-order valence-electron chi connectivity index (χ1n) is 5.28. The lowest BCUT2D eigenvalue weighted by molar-refractivity contribution is -0.873. The molecule has 0 spiro atoms. The number of hydrogen-bond acceptors (Lipinski definition) is 4. The largest absolute Gasteiger partial charge is 0.481 e. The van der Waals surface area contributed by atoms with Gasteiger partial charge in [0.25, 0.3) is 0 Å². The molecule has 0 rings (SSSR count). The summed E-state index contributed by atoms with van der Waals surface area (Å²) in [5.74, 6) is -3.47. The molecule has 0 unspecified atom stereocenters. The van der Waals surface area contributed by atoms with Crippen molar-refractivity contribution in [1.29, 1.82) is 0 Å². The SMILES string of the molecule is C[N+](C)(C)C[C@H](O)CC(=O)O.O=C(O)C=CC(=O)O. The molecule has 1 atom stereocenters. The van der Waals surface area contributed by atoms with Crippen LogP contribution in [0.4, 0.5) is 0 Å². The van der Waals surface area contributed by atoms with Crippen LogP contribution < -0.4 is 0 Å². The molecule has 0 amide bonds. The molecule has 0 saturated heterocycles. The van der Waals surface area contributed by atoms with E-state index in [9.17, 15) is 14.4 Å². The van der Waals surface area contributed by atoms with E-state index in [-0.39, 0.29) is 6.42 Å². The minimum absolute atomic E-state index is 0.171. The highest BCUT2D eigenvalue weighted by Gasteiger charge is 2.17. The van der Waals surface area contributed by atoms with E-state index in [1.54, 1.807) is 0 Å². The fraction of sp³-hybridized carbons (Fsp3) is 0.545. The molecule has 0 saturated carbocycles. The van der Waals surface area contributed by atoms with E-state index in [0.717, 1.165) is 0 Å². The van der Waals surface area contributed by atoms with Gasteiger partial charge in [-0.05, 0) is 0 Å². The summed E-state index contributed by atoms with van der Waals surface area (Å²) in [6.07, 6.45) is 0.202. The highest BCUT2D eigenvalue weighted by molar-refractivity contribution is 5.89. The van der Waals surface area contributed by atoms with Gasteiger partial charge in [-0.25, -0.2) is 9.59 Å². The van der Waals surface area contributed by atoms with Crippen molar-refractivity contribution in [3.05, 3.63) is 12.2 Å². The number of nitrogens with zero attached hydrogens (tertiary/aromatic N) is 1. The van der Waals surface area contributed by atoms with Crippen LogP contribution in [0.25, 0.3) is 0 Å². The van der Waals surface area contributed by atoms with Crippen molar-refractivity contribution in [3.8, 4) is 0 Å². The van der Waals surface area contributed by atoms with E-state index in [0.29, 0.717) is 23.2 Å². The Morgan fingerprint density at radius 2 is 1.37 bits per heavy atom. The summed E-state index contributed by atoms with van der Waals surface area (Å²) in [4.78, 5) is 29.2. The zero-order chi connectivity index (χ0) is 15.6. The zero-order valence-electron chi connectivity index (χ0n) is 11.1. The number of rotatable bonds is 6. The van der Waals surface area contributed by atoms with Crippen LogP contribution in [-0.4, -0.2) is 76.6 Å². The van der Waals surface area contributed by atoms with Gasteiger partial charge >= 0.3 is 17.9 Å². The average molecular weight is 278 g/mol. The molecule has 0 fully saturated rings. The Morgan fingerprint density at radius 3 is 1.58 bits per heavy atom. The quantitative estimate of drug-likeness (QED) is 0.371. The lowest BCUT2D eigenvalue weighted by Gasteiger charge is -2.25. The van der Waals surface area contributed by atoms with E-state index in [4.69, 9.17) is 20.4 Å². The highest BCUT2D eigenvalue weighted by atomic mass is 16.4. The summed E-state index contributed by atoms with van der Waals surface area (Å²) in [6, 6.07) is 0. The molecule has 110 valence electrons. The third-order valence-corrected chi connectivity index (χ3v) is 1.54. The molecule has 0 radical (unpaired) electrons. The molecule has 0 bridgehead atoms. The lowest BCUT2D eigenvalue weighted by Crippen LogP contribution is -2.42. The van der Waals surface area contributed by atoms with Crippen LogP contribution in [-0.2, 0) is 14.4 Å². The predicted octanol–water partition coefficient (Wildman–Crippen LogP) is -0.760. The molecular formula is C11H20NO7+. The van der Waals surface area contributed by atoms with Gasteiger partial charge in [-0.1, -0.05) is 0 Å². The summed E-state index contributed by atoms with van der Waals surface area (Å²) >= 11 is 0. The lowest BCUT2D eigenvalue weighted by atomic mass is 10.2. The molecule has 8 nitrogen and oxygen atoms in total. The minimum atomic E-state index is -1.26. The van der Waals surface area contributed by atoms with Crippen molar-refractivity contribution in [1.82, 2.24) is 0 Å². The summed E-state index contributed by atoms with van der Waals surface area (Å²) in [6.45, 7) is 0.465. The van der Waals surface area contributed by atoms with Gasteiger partial charge in [0.15, 0.2) is 0 Å². The Labute approximate surface area is 110 Å². The Balaban J connectivity index is 0. The first kappa shape index (κ1) is 19.4. The van der Waals surface area contributed by atoms with Gasteiger partial charge in [0.05, 0.1) is 27.6 Å². The number of hydrogen-bond donors (Lipinski definition) is 4. The Kier molecular flexibility index (Phi) is 9.26. The zero-order valence-corrected chi connectivity index (χ0v) is 11.1. The maximum Gasteiger partial charge on any atom is 0.328 e. The van der Waals surface area contributed by atoms with Crippen molar-refractivity contribution in [3.63, 3.8) is 0 Å². The molecule has 19 heavy (non-hydrogen) atoms. The third-order valence-electron chi connectivity index (χ3n) is 1.54. The minimum Gasteiger partial charge on any atom is -0.481 e. The van der Waals surface area contributed by atoms with E-state index in [1.807, 2.05) is 21.1 Å². The Morgan fingerprint density at radius 1 is 1.00 bits per heavy atom. The topological polar surface area (TPSA) is 132 Å². The fourth-order valence-corrected chi connectivity index (χ4v) is 1.04. The summed E-state index contributed by atoms with van der Waals surface area (Å²) in [5, 5.41) is 33.1. The van der Waals surface area contributed by atoms with Crippen LogP contribution in [0.3, 0.4) is 0 Å². The number of aliphatic hydroxyl groups excluding tert-OH is 1. The number of likely N-dealkylation sites (N-methyl/N-ethyl adjacent to an activating group) is 1. The second-order valence-electron chi connectivity index (χ2n) is 4.73. The number of carboxylic acid groups (broad SMARTS) is 3. The normalized spacial score (nSPS) is 12.4. The summed E-state index contributed by atoms with van der Waals surface area (Å²) in [5.41, 5.74) is 0. The monoisotopic (exact) mass is 278 g/mol. The predicted molar refractivity (Wildman–Crippen MR) is 65.6 cm³/mol. The van der Waals surface area contributed by atoms with Crippen LogP contribution in [0.5, 0.6) is 0 Å². The first-order chi connectivity index (χ1) is 8.44. The van der Waals surface area contributed by atoms with E-state index in [1.165, 1.54) is 0 Å². The summed E-state index contributed by atoms with van der Waals surface area (Å²) in [7, 11) is 5.72. The van der Waals surface area contributed by atoms with Crippen LogP contribution in [0.1, 0.15) is 6.42 Å². The van der Waals surface area contributed by atoms with Crippen molar-refractivity contribution in [2.45, 2.75) is 12.5 Å². The van der Waals surface area contributed by atoms with Crippen molar-refractivity contribution in [2.24, 2.45) is 0 Å². The number of carboxylic acids is 3. The standard InChI is InChI=1S/C7H15NO3.C4H4O4/c1-8(2,3)5-6(9)4-7(10)11;5-3(6)1-2-4(7)8/h6,9H,4-5H2,1-3H3;1-2H,(H,5,6)(H,7,8)/p+1/t6-;/m1./s1. The van der Waals surface area contributed by atoms with Gasteiger partial charge < -0.3 is 24.9 Å². The molecule has 0 aromatic carbocycles. The third kappa shape index (κ3) is 21.8. The molecule has 0 aromatic heterocycles. The van der Waals surface area contributed by atoms with Gasteiger partial charge in [0.2, 0.25) is 0 Å². The van der Waals surface area contributed by atoms with Crippen LogP contribution in [0.2, 0.25) is 0 Å². The smallest absolute Gasteiger partial charge is 0.328 e. The molecule has 0 aliphatic rings. The molecule has 8 heteroatoms. The van der Waals surface area contributed by atoms with Crippen LogP contribution in [0.15, 0.2) is 12.2 Å². The molecule has 0 aliphatic heterocycles. The first-order valence-corrected chi connectivity index (χ1v) is 5.28. The molecule has 0 aromatic rings. The van der Waals surface area contributed by atoms with E-state index >= 15 is 0 Å². The van der Waals surface area contributed by atoms with Gasteiger partial charge in [-0.15, -0.1) is 0 Å². The van der Waals surface area contributed by atoms with Gasteiger partial charge in [0, 0.05) is 12.2 Å². The van der Waals surface area contributed by atoms with Crippen molar-refractivity contribution in [2.75, 3.05) is 27.7 Å². The second-order valence-corrected chi connectivity index (χ2v) is 4.73. The number of quaternary nitrogens is 1. The second kappa shape index (κ2) is 9.06. The van der Waals surface area contributed by atoms with Crippen LogP contribution in [0, 0.1) is 0 Å². The summed E-state index contributed by atoms with van der Waals surface area (Å²) < 4.78 is 0.578.